The molecule has 0 heterocycles. The molecule has 0 bridgehead atoms. The minimum absolute atomic E-state index is 0.0242. The van der Waals surface area contributed by atoms with Crippen LogP contribution in [-0.2, 0) is 0 Å². The number of fused-ring (bicyclic) bond motifs is 1. The Hall–Kier alpha value is -4.39. The molecule has 4 aromatic rings. The number of benzene rings is 4. The van der Waals surface area contributed by atoms with E-state index < -0.39 is 4.92 Å². The number of hydrogen-bond acceptors (Lipinski definition) is 5. The molecule has 4 rings (SSSR count). The van der Waals surface area contributed by atoms with Crippen molar-refractivity contribution in [1.82, 2.24) is 0 Å². The van der Waals surface area contributed by atoms with Crippen molar-refractivity contribution in [3.63, 3.8) is 0 Å². The van der Waals surface area contributed by atoms with E-state index in [1.54, 1.807) is 33.3 Å². The molecule has 0 atom stereocenters. The molecule has 172 valence electrons. The lowest BCUT2D eigenvalue weighted by atomic mass is 9.94. The van der Waals surface area contributed by atoms with Crippen LogP contribution in [-0.4, -0.2) is 25.1 Å². The van der Waals surface area contributed by atoms with Crippen LogP contribution in [0.1, 0.15) is 21.5 Å². The third kappa shape index (κ3) is 4.41. The maximum atomic E-state index is 13.2. The van der Waals surface area contributed by atoms with Gasteiger partial charge in [-0.15, -0.1) is 0 Å². The molecule has 0 saturated heterocycles. The lowest BCUT2D eigenvalue weighted by Crippen LogP contribution is -2.13. The average molecular weight is 456 g/mol. The van der Waals surface area contributed by atoms with Gasteiger partial charge in [0.25, 0.3) is 11.6 Å². The quantitative estimate of drug-likeness (QED) is 0.271. The zero-order valence-electron chi connectivity index (χ0n) is 19.3. The van der Waals surface area contributed by atoms with E-state index in [1.165, 1.54) is 12.1 Å². The topological polar surface area (TPSA) is 90.7 Å². The summed E-state index contributed by atoms with van der Waals surface area (Å²) in [6.45, 7) is 3.74. The second-order valence-corrected chi connectivity index (χ2v) is 8.03. The Morgan fingerprint density at radius 1 is 0.882 bits per heavy atom. The summed E-state index contributed by atoms with van der Waals surface area (Å²) in [4.78, 5) is 23.8. The van der Waals surface area contributed by atoms with Gasteiger partial charge in [0.15, 0.2) is 11.5 Å². The van der Waals surface area contributed by atoms with Gasteiger partial charge in [-0.3, -0.25) is 14.9 Å². The van der Waals surface area contributed by atoms with Gasteiger partial charge in [-0.25, -0.2) is 0 Å². The van der Waals surface area contributed by atoms with E-state index in [9.17, 15) is 14.9 Å². The zero-order chi connectivity index (χ0) is 24.4. The molecule has 0 aliphatic rings. The molecule has 0 aromatic heterocycles. The summed E-state index contributed by atoms with van der Waals surface area (Å²) in [5, 5.41) is 15.6. The molecule has 0 saturated carbocycles. The highest BCUT2D eigenvalue weighted by Crippen LogP contribution is 2.38. The van der Waals surface area contributed by atoms with Crippen LogP contribution in [0.3, 0.4) is 0 Å². The standard InChI is InChI=1S/C27H24N2O5/c1-16-5-7-18(8-6-16)22-13-20(12-19-14-25(33-3)26(34-4)15-23(19)22)27(30)28-24-10-9-21(29(31)32)11-17(24)2/h5-15H,1-4H3,(H,28,30). The van der Waals surface area contributed by atoms with E-state index >= 15 is 0 Å². The predicted molar refractivity (Wildman–Crippen MR) is 133 cm³/mol. The first kappa shape index (κ1) is 22.8. The molecule has 0 aliphatic carbocycles. The number of rotatable bonds is 6. The first-order chi connectivity index (χ1) is 16.3. The summed E-state index contributed by atoms with van der Waals surface area (Å²) in [7, 11) is 3.15. The predicted octanol–water partition coefficient (Wildman–Crippen LogP) is 6.30. The van der Waals surface area contributed by atoms with Gasteiger partial charge < -0.3 is 14.8 Å². The monoisotopic (exact) mass is 456 g/mol. The van der Waals surface area contributed by atoms with Crippen molar-refractivity contribution in [2.24, 2.45) is 0 Å². The Morgan fingerprint density at radius 2 is 1.56 bits per heavy atom. The van der Waals surface area contributed by atoms with Gasteiger partial charge in [-0.2, -0.15) is 0 Å². The van der Waals surface area contributed by atoms with Crippen molar-refractivity contribution < 1.29 is 19.2 Å². The number of nitro groups is 1. The summed E-state index contributed by atoms with van der Waals surface area (Å²) in [5.41, 5.74) is 4.52. The fraction of sp³-hybridized carbons (Fsp3) is 0.148. The fourth-order valence-corrected chi connectivity index (χ4v) is 3.89. The first-order valence-corrected chi connectivity index (χ1v) is 10.6. The van der Waals surface area contributed by atoms with Crippen molar-refractivity contribution in [3.05, 3.63) is 93.5 Å². The average Bonchev–Trinajstić information content (AvgIpc) is 2.83. The van der Waals surface area contributed by atoms with Gasteiger partial charge in [0, 0.05) is 23.4 Å². The van der Waals surface area contributed by atoms with E-state index in [1.807, 2.05) is 49.4 Å². The Kier molecular flexibility index (Phi) is 6.19. The summed E-state index contributed by atoms with van der Waals surface area (Å²) in [5.74, 6) is 0.845. The highest BCUT2D eigenvalue weighted by Gasteiger charge is 2.17. The molecule has 0 aliphatic heterocycles. The zero-order valence-corrected chi connectivity index (χ0v) is 19.3. The Balaban J connectivity index is 1.83. The van der Waals surface area contributed by atoms with Crippen molar-refractivity contribution >= 4 is 28.1 Å². The number of anilines is 1. The number of carbonyl (C=O) groups excluding carboxylic acids is 1. The van der Waals surface area contributed by atoms with Crippen LogP contribution in [0.4, 0.5) is 11.4 Å². The maximum absolute atomic E-state index is 13.2. The molecule has 0 fully saturated rings. The number of ether oxygens (including phenoxy) is 2. The van der Waals surface area contributed by atoms with Gasteiger partial charge in [0.1, 0.15) is 0 Å². The Labute approximate surface area is 197 Å². The third-order valence-electron chi connectivity index (χ3n) is 5.75. The molecule has 7 heteroatoms. The number of nitrogens with one attached hydrogen (secondary N) is 1. The van der Waals surface area contributed by atoms with E-state index in [0.717, 1.165) is 27.5 Å². The molecule has 1 amide bonds. The number of carbonyl (C=O) groups is 1. The van der Waals surface area contributed by atoms with Crippen LogP contribution in [0.15, 0.2) is 66.7 Å². The summed E-state index contributed by atoms with van der Waals surface area (Å²) in [6.07, 6.45) is 0. The minimum atomic E-state index is -0.461. The van der Waals surface area contributed by atoms with E-state index in [2.05, 4.69) is 5.32 Å². The lowest BCUT2D eigenvalue weighted by Gasteiger charge is -2.15. The Morgan fingerprint density at radius 3 is 2.18 bits per heavy atom. The molecule has 0 spiro atoms. The molecule has 1 N–H and O–H groups in total. The number of hydrogen-bond donors (Lipinski definition) is 1. The SMILES string of the molecule is COc1cc2cc(C(=O)Nc3ccc([N+](=O)[O-])cc3C)cc(-c3ccc(C)cc3)c2cc1OC. The van der Waals surface area contributed by atoms with Crippen molar-refractivity contribution in [2.45, 2.75) is 13.8 Å². The van der Waals surface area contributed by atoms with Crippen LogP contribution in [0.2, 0.25) is 0 Å². The van der Waals surface area contributed by atoms with Crippen LogP contribution < -0.4 is 14.8 Å². The normalized spacial score (nSPS) is 10.7. The van der Waals surface area contributed by atoms with Crippen LogP contribution in [0.5, 0.6) is 11.5 Å². The first-order valence-electron chi connectivity index (χ1n) is 10.6. The van der Waals surface area contributed by atoms with Crippen LogP contribution in [0.25, 0.3) is 21.9 Å². The van der Waals surface area contributed by atoms with E-state index in [-0.39, 0.29) is 11.6 Å². The van der Waals surface area contributed by atoms with Gasteiger partial charge in [-0.1, -0.05) is 29.8 Å². The number of methoxy groups -OCH3 is 2. The number of amides is 1. The van der Waals surface area contributed by atoms with Gasteiger partial charge in [0.2, 0.25) is 0 Å². The van der Waals surface area contributed by atoms with Gasteiger partial charge in [-0.05, 0) is 71.6 Å². The Bertz CT molecular complexity index is 1410. The number of non-ortho nitro benzene ring substituents is 1. The fourth-order valence-electron chi connectivity index (χ4n) is 3.89. The highest BCUT2D eigenvalue weighted by molar-refractivity contribution is 6.10. The number of nitrogens with zero attached hydrogens (tertiary/aromatic N) is 1. The van der Waals surface area contributed by atoms with Crippen LogP contribution >= 0.6 is 0 Å². The summed E-state index contributed by atoms with van der Waals surface area (Å²) in [6, 6.07) is 19.8. The number of aryl methyl sites for hydroxylation is 2. The van der Waals surface area contributed by atoms with Gasteiger partial charge in [0.05, 0.1) is 19.1 Å². The lowest BCUT2D eigenvalue weighted by molar-refractivity contribution is -0.384. The second kappa shape index (κ2) is 9.23. The molecule has 4 aromatic carbocycles. The molecular formula is C27H24N2O5. The molecule has 0 unspecified atom stereocenters. The van der Waals surface area contributed by atoms with Crippen molar-refractivity contribution in [1.29, 1.82) is 0 Å². The number of nitro benzene ring substituents is 1. The smallest absolute Gasteiger partial charge is 0.269 e. The largest absolute Gasteiger partial charge is 0.493 e. The highest BCUT2D eigenvalue weighted by atomic mass is 16.6. The van der Waals surface area contributed by atoms with Gasteiger partial charge >= 0.3 is 0 Å². The summed E-state index contributed by atoms with van der Waals surface area (Å²) < 4.78 is 11.0. The molecular weight excluding hydrogens is 432 g/mol. The van der Waals surface area contributed by atoms with Crippen molar-refractivity contribution in [3.8, 4) is 22.6 Å². The molecule has 0 radical (unpaired) electrons. The second-order valence-electron chi connectivity index (χ2n) is 8.03. The molecule has 34 heavy (non-hydrogen) atoms. The maximum Gasteiger partial charge on any atom is 0.269 e. The molecule has 7 nitrogen and oxygen atoms in total. The third-order valence-corrected chi connectivity index (χ3v) is 5.75. The summed E-state index contributed by atoms with van der Waals surface area (Å²) >= 11 is 0. The van der Waals surface area contributed by atoms with E-state index in [0.29, 0.717) is 28.3 Å². The van der Waals surface area contributed by atoms with Crippen molar-refractivity contribution in [2.75, 3.05) is 19.5 Å². The van der Waals surface area contributed by atoms with E-state index in [4.69, 9.17) is 9.47 Å². The van der Waals surface area contributed by atoms with Crippen LogP contribution in [0, 0.1) is 24.0 Å². The minimum Gasteiger partial charge on any atom is -0.493 e.